The summed E-state index contributed by atoms with van der Waals surface area (Å²) in [5, 5.41) is 20.1. The molecule has 1 aliphatic carbocycles. The molecular formula is C39H54N6O9S. The molecule has 7 N–H and O–H groups in total. The normalized spacial score (nSPS) is 17.2. The largest absolute Gasteiger partial charge is 0.490 e. The van der Waals surface area contributed by atoms with Crippen molar-refractivity contribution in [2.75, 3.05) is 13.2 Å². The summed E-state index contributed by atoms with van der Waals surface area (Å²) >= 11 is 0. The highest BCUT2D eigenvalue weighted by Gasteiger charge is 2.43. The van der Waals surface area contributed by atoms with Crippen LogP contribution in [0.2, 0.25) is 0 Å². The van der Waals surface area contributed by atoms with Crippen LogP contribution >= 0.6 is 0 Å². The lowest BCUT2D eigenvalue weighted by molar-refractivity contribution is -0.142. The molecule has 0 spiro atoms. The predicted molar refractivity (Wildman–Crippen MR) is 210 cm³/mol. The third-order valence-corrected chi connectivity index (χ3v) is 11.0. The molecule has 0 radical (unpaired) electrons. The molecule has 16 heteroatoms. The van der Waals surface area contributed by atoms with Gasteiger partial charge in [0.25, 0.3) is 10.0 Å². The van der Waals surface area contributed by atoms with Crippen molar-refractivity contribution in [1.82, 2.24) is 21.3 Å². The first-order chi connectivity index (χ1) is 25.8. The van der Waals surface area contributed by atoms with Crippen molar-refractivity contribution in [3.8, 4) is 5.75 Å². The Bertz CT molecular complexity index is 1900. The van der Waals surface area contributed by atoms with Crippen LogP contribution in [-0.4, -0.2) is 74.5 Å². The number of carbonyl (C=O) groups is 4. The van der Waals surface area contributed by atoms with Crippen LogP contribution in [0.5, 0.6) is 5.75 Å². The summed E-state index contributed by atoms with van der Waals surface area (Å²) in [5.74, 6) is -1.76. The van der Waals surface area contributed by atoms with Gasteiger partial charge in [-0.1, -0.05) is 44.7 Å². The number of nitrogens with two attached hydrogens (primary N) is 1. The molecule has 0 saturated carbocycles. The Morgan fingerprint density at radius 2 is 1.64 bits per heavy atom. The maximum Gasteiger partial charge on any atom is 0.326 e. The molecule has 1 aromatic carbocycles. The van der Waals surface area contributed by atoms with Crippen LogP contribution in [-0.2, 0) is 40.4 Å². The Kier molecular flexibility index (Phi) is 15.4. The van der Waals surface area contributed by atoms with Gasteiger partial charge in [0.1, 0.15) is 42.0 Å². The lowest BCUT2D eigenvalue weighted by atomic mass is 9.74. The van der Waals surface area contributed by atoms with Gasteiger partial charge in [-0.3, -0.25) is 14.4 Å². The number of hydrogen-bond donors (Lipinski definition) is 6. The molecule has 0 fully saturated rings. The average molecular weight is 783 g/mol. The van der Waals surface area contributed by atoms with Gasteiger partial charge in [-0.25, -0.2) is 4.79 Å². The van der Waals surface area contributed by atoms with Crippen molar-refractivity contribution in [2.24, 2.45) is 15.5 Å². The summed E-state index contributed by atoms with van der Waals surface area (Å²) in [7, 11) is -4.28. The minimum Gasteiger partial charge on any atom is -0.490 e. The van der Waals surface area contributed by atoms with Crippen LogP contribution in [0.3, 0.4) is 0 Å². The number of carboxylic acid groups (broad SMARTS) is 1. The molecule has 0 bridgehead atoms. The van der Waals surface area contributed by atoms with Crippen molar-refractivity contribution < 1.29 is 42.2 Å². The van der Waals surface area contributed by atoms with Crippen LogP contribution in [0.15, 0.2) is 87.1 Å². The van der Waals surface area contributed by atoms with Crippen molar-refractivity contribution in [3.05, 3.63) is 88.3 Å². The SMILES string of the molecule is C=CCOc1ccc(C[C@H](NC(C)=O)C(=O)N[C@@H](CCCNC(N)=NS(=O)(=O)C2=C3C(C)=C(C)OC(C)=C3CCC2(C)C)C(=O)N[C@@H](CC=C)C(=O)O)cc1. The van der Waals surface area contributed by atoms with E-state index in [1.165, 1.54) is 13.0 Å². The Balaban J connectivity index is 1.80. The van der Waals surface area contributed by atoms with Gasteiger partial charge in [-0.2, -0.15) is 8.42 Å². The first-order valence-electron chi connectivity index (χ1n) is 18.0. The van der Waals surface area contributed by atoms with Crippen molar-refractivity contribution in [1.29, 1.82) is 0 Å². The summed E-state index contributed by atoms with van der Waals surface area (Å²) in [6, 6.07) is 3.26. The molecule has 3 amide bonds. The third kappa shape index (κ3) is 12.1. The van der Waals surface area contributed by atoms with Gasteiger partial charge < -0.3 is 41.6 Å². The number of fused-ring (bicyclic) bond motifs is 1. The minimum absolute atomic E-state index is 0.0216. The van der Waals surface area contributed by atoms with E-state index < -0.39 is 57.3 Å². The number of aliphatic carboxylic acids is 1. The van der Waals surface area contributed by atoms with E-state index in [9.17, 15) is 32.7 Å². The summed E-state index contributed by atoms with van der Waals surface area (Å²) in [6.07, 6.45) is 4.30. The number of rotatable bonds is 19. The van der Waals surface area contributed by atoms with Gasteiger partial charge in [-0.15, -0.1) is 11.0 Å². The van der Waals surface area contributed by atoms with Gasteiger partial charge in [-0.05, 0) is 81.7 Å². The molecule has 1 heterocycles. The highest BCUT2D eigenvalue weighted by molar-refractivity contribution is 7.94. The summed E-state index contributed by atoms with van der Waals surface area (Å²) in [6.45, 7) is 17.9. The average Bonchev–Trinajstić information content (AvgIpc) is 3.09. The Labute approximate surface area is 323 Å². The highest BCUT2D eigenvalue weighted by Crippen LogP contribution is 2.50. The number of allylic oxidation sites excluding steroid dienone is 6. The van der Waals surface area contributed by atoms with Crippen LogP contribution in [0.1, 0.15) is 79.2 Å². The molecule has 0 saturated heterocycles. The maximum absolute atomic E-state index is 13.9. The summed E-state index contributed by atoms with van der Waals surface area (Å²) < 4.78 is 43.0. The zero-order valence-electron chi connectivity index (χ0n) is 32.4. The number of sulfonamides is 1. The van der Waals surface area contributed by atoms with E-state index in [0.29, 0.717) is 53.4 Å². The standard InChI is InChI=1S/C39H54N6O9S/c1-9-12-31(37(49)50)44-35(47)30(43-36(48)32(42-26(6)46)22-27-14-16-28(17-15-27)53-21-10-2)13-11-20-41-38(40)45-55(51,52)34-33-23(3)24(4)54-25(5)29(33)18-19-39(34,7)8/h9-10,14-17,30-32H,1-2,11-13,18-22H2,3-8H3,(H,42,46)(H,43,48)(H,44,47)(H,49,50)(H3,40,41,45)/t30-,31-,32-/m0/s1. The fourth-order valence-corrected chi connectivity index (χ4v) is 8.17. The molecular weight excluding hydrogens is 729 g/mol. The smallest absolute Gasteiger partial charge is 0.326 e. The molecule has 2 aliphatic rings. The monoisotopic (exact) mass is 782 g/mol. The molecule has 300 valence electrons. The second-order valence-electron chi connectivity index (χ2n) is 14.1. The quantitative estimate of drug-likeness (QED) is 0.0514. The van der Waals surface area contributed by atoms with Gasteiger partial charge in [0.05, 0.1) is 4.91 Å². The predicted octanol–water partition coefficient (Wildman–Crippen LogP) is 3.62. The van der Waals surface area contributed by atoms with Gasteiger partial charge in [0.15, 0.2) is 0 Å². The topological polar surface area (TPSA) is 228 Å². The van der Waals surface area contributed by atoms with Crippen LogP contribution in [0, 0.1) is 5.41 Å². The molecule has 55 heavy (non-hydrogen) atoms. The Morgan fingerprint density at radius 3 is 2.24 bits per heavy atom. The summed E-state index contributed by atoms with van der Waals surface area (Å²) in [4.78, 5) is 51.1. The number of amides is 3. The number of nitrogens with one attached hydrogen (secondary N) is 4. The van der Waals surface area contributed by atoms with Crippen LogP contribution in [0.25, 0.3) is 0 Å². The molecule has 15 nitrogen and oxygen atoms in total. The van der Waals surface area contributed by atoms with Gasteiger partial charge in [0.2, 0.25) is 23.7 Å². The van der Waals surface area contributed by atoms with E-state index in [1.54, 1.807) is 37.3 Å². The second kappa shape index (κ2) is 19.3. The van der Waals surface area contributed by atoms with E-state index in [0.717, 1.165) is 5.57 Å². The van der Waals surface area contributed by atoms with Gasteiger partial charge >= 0.3 is 5.97 Å². The fraction of sp³-hybridized carbons (Fsp3) is 0.462. The van der Waals surface area contributed by atoms with E-state index in [4.69, 9.17) is 15.2 Å². The lowest BCUT2D eigenvalue weighted by Crippen LogP contribution is -2.56. The fourth-order valence-electron chi connectivity index (χ4n) is 6.42. The van der Waals surface area contributed by atoms with E-state index in [2.05, 4.69) is 38.8 Å². The zero-order chi connectivity index (χ0) is 41.1. The summed E-state index contributed by atoms with van der Waals surface area (Å²) in [5.41, 5.74) is 8.20. The van der Waals surface area contributed by atoms with E-state index in [-0.39, 0.29) is 43.1 Å². The maximum atomic E-state index is 13.9. The Hall–Kier alpha value is -5.38. The van der Waals surface area contributed by atoms with Gasteiger partial charge in [0, 0.05) is 30.9 Å². The second-order valence-corrected chi connectivity index (χ2v) is 15.7. The zero-order valence-corrected chi connectivity index (χ0v) is 33.2. The van der Waals surface area contributed by atoms with E-state index in [1.807, 2.05) is 27.7 Å². The number of carbonyl (C=O) groups excluding carboxylic acids is 3. The number of carboxylic acids is 1. The van der Waals surface area contributed by atoms with Crippen LogP contribution in [0.4, 0.5) is 0 Å². The minimum atomic E-state index is -4.28. The number of hydrogen-bond acceptors (Lipinski definition) is 8. The Morgan fingerprint density at radius 1 is 1.00 bits per heavy atom. The van der Waals surface area contributed by atoms with Crippen LogP contribution < -0.4 is 31.7 Å². The van der Waals surface area contributed by atoms with Crippen molar-refractivity contribution in [3.63, 3.8) is 0 Å². The van der Waals surface area contributed by atoms with E-state index >= 15 is 0 Å². The molecule has 1 aromatic rings. The lowest BCUT2D eigenvalue weighted by Gasteiger charge is -2.38. The number of ether oxygens (including phenoxy) is 2. The molecule has 3 atom stereocenters. The number of nitrogens with zero attached hydrogens (tertiary/aromatic N) is 1. The molecule has 1 aliphatic heterocycles. The number of guanidine groups is 1. The highest BCUT2D eigenvalue weighted by atomic mass is 32.2. The number of benzene rings is 1. The molecule has 0 aromatic heterocycles. The molecule has 0 unspecified atom stereocenters. The first kappa shape index (κ1) is 44.0. The third-order valence-electron chi connectivity index (χ3n) is 9.30. The molecule has 3 rings (SSSR count). The van der Waals surface area contributed by atoms with Crippen molar-refractivity contribution >= 4 is 39.7 Å². The van der Waals surface area contributed by atoms with Crippen molar-refractivity contribution in [2.45, 2.75) is 98.2 Å². The first-order valence-corrected chi connectivity index (χ1v) is 19.4.